The van der Waals surface area contributed by atoms with E-state index in [1.807, 2.05) is 0 Å². The minimum absolute atomic E-state index is 0.00755. The topological polar surface area (TPSA) is 80.5 Å². The van der Waals surface area contributed by atoms with Crippen molar-refractivity contribution in [3.8, 4) is 0 Å². The van der Waals surface area contributed by atoms with E-state index in [2.05, 4.69) is 22.1 Å². The van der Waals surface area contributed by atoms with Crippen LogP contribution in [0.2, 0.25) is 0 Å². The van der Waals surface area contributed by atoms with Crippen LogP contribution in [0.4, 0.5) is 11.5 Å². The molecule has 0 bridgehead atoms. The van der Waals surface area contributed by atoms with E-state index >= 15 is 0 Å². The van der Waals surface area contributed by atoms with Crippen LogP contribution in [-0.2, 0) is 4.74 Å². The molecule has 1 aromatic heterocycles. The van der Waals surface area contributed by atoms with Gasteiger partial charge < -0.3 is 10.1 Å². The number of hydrogen-bond acceptors (Lipinski definition) is 6. The molecule has 1 aromatic rings. The van der Waals surface area contributed by atoms with Crippen LogP contribution in [0.3, 0.4) is 0 Å². The van der Waals surface area contributed by atoms with Gasteiger partial charge in [-0.3, -0.25) is 15.0 Å². The molecule has 2 rings (SSSR count). The summed E-state index contributed by atoms with van der Waals surface area (Å²) in [6.07, 6.45) is 1.65. The molecule has 1 unspecified atom stereocenters. The first-order valence-electron chi connectivity index (χ1n) is 6.79. The molecule has 7 heteroatoms. The average Bonchev–Trinajstić information content (AvgIpc) is 2.46. The average molecular weight is 280 g/mol. The molecule has 1 saturated heterocycles. The monoisotopic (exact) mass is 280 g/mol. The summed E-state index contributed by atoms with van der Waals surface area (Å²) in [6, 6.07) is 1.52. The van der Waals surface area contributed by atoms with Gasteiger partial charge in [-0.2, -0.15) is 0 Å². The highest BCUT2D eigenvalue weighted by Crippen LogP contribution is 2.22. The lowest BCUT2D eigenvalue weighted by atomic mass is 10.2. The summed E-state index contributed by atoms with van der Waals surface area (Å²) in [5.41, 5.74) is 0.779. The van der Waals surface area contributed by atoms with E-state index in [0.29, 0.717) is 19.0 Å². The number of anilines is 1. The van der Waals surface area contributed by atoms with Gasteiger partial charge in [0.1, 0.15) is 0 Å². The number of ether oxygens (including phenoxy) is 1. The Labute approximate surface area is 118 Å². The molecule has 110 valence electrons. The normalized spacial score (nSPS) is 19.8. The van der Waals surface area contributed by atoms with E-state index in [9.17, 15) is 10.1 Å². The second-order valence-electron chi connectivity index (χ2n) is 4.90. The zero-order chi connectivity index (χ0) is 14.5. The molecule has 20 heavy (non-hydrogen) atoms. The van der Waals surface area contributed by atoms with E-state index in [1.165, 1.54) is 6.07 Å². The molecular formula is C13H20N4O3. The molecule has 0 radical (unpaired) electrons. The van der Waals surface area contributed by atoms with Gasteiger partial charge in [-0.1, -0.05) is 6.92 Å². The predicted octanol–water partition coefficient (Wildman–Crippen LogP) is 1.43. The number of likely N-dealkylation sites (N-methyl/N-ethyl adjacent to an activating group) is 1. The van der Waals surface area contributed by atoms with Crippen LogP contribution in [0.5, 0.6) is 0 Å². The molecule has 1 N–H and O–H groups in total. The molecule has 1 aliphatic heterocycles. The summed E-state index contributed by atoms with van der Waals surface area (Å²) in [6.45, 7) is 7.88. The molecule has 1 aliphatic rings. The fourth-order valence-electron chi connectivity index (χ4n) is 2.23. The van der Waals surface area contributed by atoms with Crippen molar-refractivity contribution in [1.29, 1.82) is 0 Å². The zero-order valence-corrected chi connectivity index (χ0v) is 11.8. The summed E-state index contributed by atoms with van der Waals surface area (Å²) in [4.78, 5) is 17.0. The van der Waals surface area contributed by atoms with Crippen molar-refractivity contribution in [2.45, 2.75) is 20.0 Å². The third-order valence-electron chi connectivity index (χ3n) is 3.37. The summed E-state index contributed by atoms with van der Waals surface area (Å²) in [5, 5.41) is 14.0. The minimum Gasteiger partial charge on any atom is -0.374 e. The van der Waals surface area contributed by atoms with Gasteiger partial charge in [0.05, 0.1) is 17.6 Å². The SMILES string of the molecule is CCN1CCOC(CNc2ncc(C)cc2[N+](=O)[O-])C1. The number of nitro groups is 1. The minimum atomic E-state index is -0.414. The van der Waals surface area contributed by atoms with Crippen LogP contribution < -0.4 is 5.32 Å². The third-order valence-corrected chi connectivity index (χ3v) is 3.37. The number of aromatic nitrogens is 1. The largest absolute Gasteiger partial charge is 0.374 e. The van der Waals surface area contributed by atoms with Gasteiger partial charge in [-0.15, -0.1) is 0 Å². The molecule has 1 fully saturated rings. The predicted molar refractivity (Wildman–Crippen MR) is 76.0 cm³/mol. The van der Waals surface area contributed by atoms with Crippen molar-refractivity contribution in [3.05, 3.63) is 27.9 Å². The molecule has 2 heterocycles. The van der Waals surface area contributed by atoms with Crippen molar-refractivity contribution in [2.24, 2.45) is 0 Å². The highest BCUT2D eigenvalue weighted by atomic mass is 16.6. The first-order chi connectivity index (χ1) is 9.60. The van der Waals surface area contributed by atoms with Crippen LogP contribution in [0.15, 0.2) is 12.3 Å². The Morgan fingerprint density at radius 2 is 2.45 bits per heavy atom. The van der Waals surface area contributed by atoms with Gasteiger partial charge in [0.25, 0.3) is 0 Å². The van der Waals surface area contributed by atoms with Crippen LogP contribution in [0.1, 0.15) is 12.5 Å². The van der Waals surface area contributed by atoms with Crippen LogP contribution in [-0.4, -0.2) is 53.7 Å². The number of rotatable bonds is 5. The number of pyridine rings is 1. The van der Waals surface area contributed by atoms with Gasteiger partial charge in [0, 0.05) is 31.9 Å². The van der Waals surface area contributed by atoms with E-state index in [4.69, 9.17) is 4.74 Å². The van der Waals surface area contributed by atoms with E-state index in [0.717, 1.165) is 25.2 Å². The van der Waals surface area contributed by atoms with Crippen molar-refractivity contribution < 1.29 is 9.66 Å². The van der Waals surface area contributed by atoms with Gasteiger partial charge in [-0.05, 0) is 19.0 Å². The molecule has 0 aromatic carbocycles. The maximum absolute atomic E-state index is 11.0. The molecule has 0 saturated carbocycles. The fraction of sp³-hybridized carbons (Fsp3) is 0.615. The summed E-state index contributed by atoms with van der Waals surface area (Å²) < 4.78 is 5.65. The molecule has 7 nitrogen and oxygen atoms in total. The van der Waals surface area contributed by atoms with Crippen molar-refractivity contribution >= 4 is 11.5 Å². The summed E-state index contributed by atoms with van der Waals surface area (Å²) in [7, 11) is 0. The lowest BCUT2D eigenvalue weighted by Gasteiger charge is -2.32. The highest BCUT2D eigenvalue weighted by molar-refractivity contribution is 5.56. The van der Waals surface area contributed by atoms with E-state index in [1.54, 1.807) is 13.1 Å². The number of hydrogen-bond donors (Lipinski definition) is 1. The Morgan fingerprint density at radius 3 is 3.15 bits per heavy atom. The number of morpholine rings is 1. The lowest BCUT2D eigenvalue weighted by molar-refractivity contribution is -0.384. The smallest absolute Gasteiger partial charge is 0.311 e. The van der Waals surface area contributed by atoms with E-state index in [-0.39, 0.29) is 11.8 Å². The number of nitrogens with zero attached hydrogens (tertiary/aromatic N) is 3. The number of aryl methyl sites for hydroxylation is 1. The van der Waals surface area contributed by atoms with Crippen LogP contribution in [0.25, 0.3) is 0 Å². The maximum atomic E-state index is 11.0. The van der Waals surface area contributed by atoms with Crippen molar-refractivity contribution in [1.82, 2.24) is 9.88 Å². The number of nitrogens with one attached hydrogen (secondary N) is 1. The van der Waals surface area contributed by atoms with Gasteiger partial charge in [-0.25, -0.2) is 4.98 Å². The first kappa shape index (κ1) is 14.7. The zero-order valence-electron chi connectivity index (χ0n) is 11.8. The lowest BCUT2D eigenvalue weighted by Crippen LogP contribution is -2.45. The fourth-order valence-corrected chi connectivity index (χ4v) is 2.23. The Morgan fingerprint density at radius 1 is 1.65 bits per heavy atom. The Hall–Kier alpha value is -1.73. The summed E-state index contributed by atoms with van der Waals surface area (Å²) >= 11 is 0. The van der Waals surface area contributed by atoms with Crippen LogP contribution >= 0.6 is 0 Å². The quantitative estimate of drug-likeness (QED) is 0.649. The van der Waals surface area contributed by atoms with Gasteiger partial charge >= 0.3 is 5.69 Å². The Balaban J connectivity index is 1.98. The third kappa shape index (κ3) is 3.64. The molecule has 0 spiro atoms. The molecule has 0 aliphatic carbocycles. The summed E-state index contributed by atoms with van der Waals surface area (Å²) in [5.74, 6) is 0.304. The Bertz CT molecular complexity index is 481. The van der Waals surface area contributed by atoms with Gasteiger partial charge in [0.15, 0.2) is 0 Å². The first-order valence-corrected chi connectivity index (χ1v) is 6.79. The Kier molecular flexibility index (Phi) is 4.86. The standard InChI is InChI=1S/C13H20N4O3/c1-3-16-4-5-20-11(9-16)8-15-13-12(17(18)19)6-10(2)7-14-13/h6-7,11H,3-5,8-9H2,1-2H3,(H,14,15). The molecule has 0 amide bonds. The van der Waals surface area contributed by atoms with E-state index < -0.39 is 4.92 Å². The molecule has 1 atom stereocenters. The highest BCUT2D eigenvalue weighted by Gasteiger charge is 2.21. The second kappa shape index (κ2) is 6.62. The molecular weight excluding hydrogens is 260 g/mol. The van der Waals surface area contributed by atoms with Crippen molar-refractivity contribution in [2.75, 3.05) is 38.1 Å². The second-order valence-corrected chi connectivity index (χ2v) is 4.90. The van der Waals surface area contributed by atoms with Crippen LogP contribution in [0, 0.1) is 17.0 Å². The van der Waals surface area contributed by atoms with Gasteiger partial charge in [0.2, 0.25) is 5.82 Å². The maximum Gasteiger partial charge on any atom is 0.311 e. The van der Waals surface area contributed by atoms with Crippen molar-refractivity contribution in [3.63, 3.8) is 0 Å².